The van der Waals surface area contributed by atoms with Crippen LogP contribution in [0.1, 0.15) is 52.0 Å². The number of alkyl halides is 2. The molecule has 2 fully saturated rings. The van der Waals surface area contributed by atoms with Crippen molar-refractivity contribution >= 4 is 16.8 Å². The number of benzene rings is 1. The zero-order valence-electron chi connectivity index (χ0n) is 17.0. The van der Waals surface area contributed by atoms with Crippen LogP contribution in [0, 0.1) is 30.4 Å². The smallest absolute Gasteiger partial charge is 0.268 e. The Balaban J connectivity index is 1.66. The molecule has 9 heteroatoms. The molecule has 3 N–H and O–H groups in total. The van der Waals surface area contributed by atoms with Crippen LogP contribution < -0.4 is 11.2 Å². The number of rotatable bonds is 3. The number of primary amides is 1. The Morgan fingerprint density at radius 1 is 1.16 bits per heavy atom. The van der Waals surface area contributed by atoms with Gasteiger partial charge in [-0.1, -0.05) is 6.07 Å². The minimum absolute atomic E-state index is 0.0229. The van der Waals surface area contributed by atoms with Crippen LogP contribution >= 0.6 is 0 Å². The molecule has 2 heterocycles. The van der Waals surface area contributed by atoms with Crippen LogP contribution in [0.3, 0.4) is 0 Å². The minimum atomic E-state index is -2.82. The van der Waals surface area contributed by atoms with Gasteiger partial charge in [0.1, 0.15) is 5.69 Å². The van der Waals surface area contributed by atoms with Gasteiger partial charge in [0.25, 0.3) is 11.8 Å². The molecule has 2 saturated carbocycles. The first-order valence-corrected chi connectivity index (χ1v) is 10.2. The van der Waals surface area contributed by atoms with Crippen molar-refractivity contribution in [1.29, 1.82) is 0 Å². The molecule has 0 radical (unpaired) electrons. The number of pyridine rings is 2. The van der Waals surface area contributed by atoms with E-state index >= 15 is 0 Å². The Labute approximate surface area is 179 Å². The van der Waals surface area contributed by atoms with E-state index in [2.05, 4.69) is 9.97 Å². The van der Waals surface area contributed by atoms with Gasteiger partial charge in [-0.25, -0.2) is 17.6 Å². The first-order valence-electron chi connectivity index (χ1n) is 10.2. The highest BCUT2D eigenvalue weighted by molar-refractivity contribution is 6.03. The molecule has 3 aromatic rings. The highest BCUT2D eigenvalue weighted by atomic mass is 19.3. The van der Waals surface area contributed by atoms with E-state index in [1.54, 1.807) is 0 Å². The predicted molar refractivity (Wildman–Crippen MR) is 109 cm³/mol. The monoisotopic (exact) mass is 445 g/mol. The number of nitrogens with two attached hydrogens (primary N) is 1. The molecule has 4 atom stereocenters. The van der Waals surface area contributed by atoms with E-state index in [1.165, 1.54) is 31.3 Å². The normalized spacial score (nSPS) is 26.0. The summed E-state index contributed by atoms with van der Waals surface area (Å²) in [4.78, 5) is 31.5. The summed E-state index contributed by atoms with van der Waals surface area (Å²) < 4.78 is 56.7. The number of hydrogen-bond donors (Lipinski definition) is 2. The fourth-order valence-corrected chi connectivity index (χ4v) is 5.34. The lowest BCUT2D eigenvalue weighted by Crippen LogP contribution is -2.23. The number of nitrogens with zero attached hydrogens (tertiary/aromatic N) is 1. The average molecular weight is 445 g/mol. The van der Waals surface area contributed by atoms with Gasteiger partial charge in [-0.05, 0) is 48.9 Å². The van der Waals surface area contributed by atoms with Gasteiger partial charge in [0.05, 0.1) is 10.9 Å². The fourth-order valence-electron chi connectivity index (χ4n) is 5.34. The number of halogens is 4. The Kier molecular flexibility index (Phi) is 4.44. The molecule has 0 saturated heterocycles. The molecule has 1 aromatic carbocycles. The second-order valence-corrected chi connectivity index (χ2v) is 8.68. The van der Waals surface area contributed by atoms with Crippen molar-refractivity contribution in [3.63, 3.8) is 0 Å². The molecule has 0 bridgehead atoms. The van der Waals surface area contributed by atoms with Crippen LogP contribution in [0.4, 0.5) is 17.6 Å². The third kappa shape index (κ3) is 2.94. The largest absolute Gasteiger partial charge is 0.364 e. The van der Waals surface area contributed by atoms with E-state index in [9.17, 15) is 27.2 Å². The first-order chi connectivity index (χ1) is 15.1. The third-order valence-corrected chi connectivity index (χ3v) is 7.04. The van der Waals surface area contributed by atoms with Gasteiger partial charge in [0.2, 0.25) is 0 Å². The summed E-state index contributed by atoms with van der Waals surface area (Å²) in [5, 5.41) is 0.0229. The van der Waals surface area contributed by atoms with Gasteiger partial charge < -0.3 is 10.7 Å². The van der Waals surface area contributed by atoms with Gasteiger partial charge in [0.15, 0.2) is 17.1 Å². The van der Waals surface area contributed by atoms with Crippen LogP contribution in [0.2, 0.25) is 0 Å². The number of H-pyrrole nitrogens is 1. The SMILES string of the molecule is Cc1c(C2C[C@@H]3C(C[C@@H]2c2cc(=O)c4c(C(N)=O)nccc4[nH]2)C3(F)F)ccc(F)c1F. The minimum Gasteiger partial charge on any atom is -0.364 e. The molecule has 1 amide bonds. The van der Waals surface area contributed by atoms with E-state index in [0.29, 0.717) is 16.8 Å². The molecule has 2 unspecified atom stereocenters. The highest BCUT2D eigenvalue weighted by Gasteiger charge is 2.70. The van der Waals surface area contributed by atoms with Gasteiger partial charge >= 0.3 is 0 Å². The van der Waals surface area contributed by atoms with Crippen LogP contribution in [0.5, 0.6) is 0 Å². The second-order valence-electron chi connectivity index (χ2n) is 8.68. The maximum atomic E-state index is 14.3. The molecule has 2 aromatic heterocycles. The molecular formula is C23H19F4N3O2. The van der Waals surface area contributed by atoms with Crippen LogP contribution in [-0.4, -0.2) is 21.8 Å². The molecule has 0 spiro atoms. The van der Waals surface area contributed by atoms with Crippen molar-refractivity contribution in [3.8, 4) is 0 Å². The van der Waals surface area contributed by atoms with Crippen LogP contribution in [-0.2, 0) is 0 Å². The number of carbonyl (C=O) groups excluding carboxylic acids is 1. The number of aromatic amines is 1. The van der Waals surface area contributed by atoms with Crippen molar-refractivity contribution in [3.05, 3.63) is 74.8 Å². The Bertz CT molecular complexity index is 1340. The summed E-state index contributed by atoms with van der Waals surface area (Å²) in [5.41, 5.74) is 5.86. The number of carbonyl (C=O) groups is 1. The van der Waals surface area contributed by atoms with Crippen LogP contribution in [0.25, 0.3) is 10.9 Å². The third-order valence-electron chi connectivity index (χ3n) is 7.04. The van der Waals surface area contributed by atoms with E-state index in [4.69, 9.17) is 5.73 Å². The van der Waals surface area contributed by atoms with Gasteiger partial charge in [-0.3, -0.25) is 14.6 Å². The van der Waals surface area contributed by atoms with E-state index in [-0.39, 0.29) is 29.5 Å². The summed E-state index contributed by atoms with van der Waals surface area (Å²) in [6.45, 7) is 1.43. The summed E-state index contributed by atoms with van der Waals surface area (Å²) in [6.07, 6.45) is 1.51. The van der Waals surface area contributed by atoms with E-state index in [0.717, 1.165) is 6.07 Å². The lowest BCUT2D eigenvalue weighted by Gasteiger charge is -2.32. The van der Waals surface area contributed by atoms with Crippen molar-refractivity contribution in [2.75, 3.05) is 0 Å². The van der Waals surface area contributed by atoms with E-state index < -0.39 is 52.6 Å². The van der Waals surface area contributed by atoms with Crippen molar-refractivity contribution in [1.82, 2.24) is 9.97 Å². The predicted octanol–water partition coefficient (Wildman–Crippen LogP) is 4.15. The summed E-state index contributed by atoms with van der Waals surface area (Å²) in [7, 11) is 0. The quantitative estimate of drug-likeness (QED) is 0.594. The molecule has 2 aliphatic rings. The van der Waals surface area contributed by atoms with Gasteiger partial charge in [-0.2, -0.15) is 0 Å². The molecule has 2 aliphatic carbocycles. The Morgan fingerprint density at radius 2 is 1.84 bits per heavy atom. The summed E-state index contributed by atoms with van der Waals surface area (Å²) >= 11 is 0. The lowest BCUT2D eigenvalue weighted by atomic mass is 9.72. The molecule has 166 valence electrons. The number of hydrogen-bond acceptors (Lipinski definition) is 3. The number of fused-ring (bicyclic) bond motifs is 2. The van der Waals surface area contributed by atoms with Gasteiger partial charge in [0, 0.05) is 35.7 Å². The van der Waals surface area contributed by atoms with Crippen molar-refractivity contribution in [2.45, 2.75) is 37.5 Å². The topological polar surface area (TPSA) is 88.8 Å². The maximum absolute atomic E-state index is 14.3. The van der Waals surface area contributed by atoms with Crippen molar-refractivity contribution < 1.29 is 22.4 Å². The van der Waals surface area contributed by atoms with Gasteiger partial charge in [-0.15, -0.1) is 0 Å². The zero-order valence-corrected chi connectivity index (χ0v) is 17.0. The molecular weight excluding hydrogens is 426 g/mol. The van der Waals surface area contributed by atoms with Crippen molar-refractivity contribution in [2.24, 2.45) is 17.6 Å². The summed E-state index contributed by atoms with van der Waals surface area (Å²) in [5.74, 6) is -8.42. The lowest BCUT2D eigenvalue weighted by molar-refractivity contribution is 0.0845. The maximum Gasteiger partial charge on any atom is 0.268 e. The molecule has 5 rings (SSSR count). The number of nitrogens with one attached hydrogen (secondary N) is 1. The Hall–Kier alpha value is -3.23. The second kappa shape index (κ2) is 6.88. The number of aromatic nitrogens is 2. The standard InChI is InChI=1S/C23H19F4N3O2/c1-9-10(2-3-15(24)20(9)25)11-6-13-14(23(13,26)27)7-12(11)17-8-18(31)19-16(30-17)4-5-29-21(19)22(28)32/h2-5,8,11-14H,6-7H2,1H3,(H2,28,32)(H,30,31)/t11?,12-,13+,14?/m0/s1. The fraction of sp³-hybridized carbons (Fsp3) is 0.348. The Morgan fingerprint density at radius 3 is 2.53 bits per heavy atom. The highest BCUT2D eigenvalue weighted by Crippen LogP contribution is 2.67. The molecule has 5 nitrogen and oxygen atoms in total. The first kappa shape index (κ1) is 20.7. The van der Waals surface area contributed by atoms with Crippen LogP contribution in [0.15, 0.2) is 35.3 Å². The summed E-state index contributed by atoms with van der Waals surface area (Å²) in [6, 6.07) is 5.20. The average Bonchev–Trinajstić information content (AvgIpc) is 3.30. The van der Waals surface area contributed by atoms with E-state index in [1.807, 2.05) is 0 Å². The zero-order chi connectivity index (χ0) is 22.9. The molecule has 32 heavy (non-hydrogen) atoms. The number of amides is 1. The molecule has 0 aliphatic heterocycles.